The van der Waals surface area contributed by atoms with Gasteiger partial charge in [0.15, 0.2) is 0 Å². The highest BCUT2D eigenvalue weighted by atomic mass is 32.2. The van der Waals surface area contributed by atoms with E-state index in [9.17, 15) is 10.2 Å². The molecule has 2 saturated heterocycles. The van der Waals surface area contributed by atoms with E-state index in [1.54, 1.807) is 0 Å². The van der Waals surface area contributed by atoms with Crippen molar-refractivity contribution in [2.24, 2.45) is 29.6 Å². The van der Waals surface area contributed by atoms with Crippen molar-refractivity contribution in [2.45, 2.75) is 86.8 Å². The van der Waals surface area contributed by atoms with Crippen LogP contribution in [0.4, 0.5) is 4.39 Å². The van der Waals surface area contributed by atoms with Crippen LogP contribution in [-0.2, 0) is 0 Å². The Morgan fingerprint density at radius 3 is 2.83 bits per heavy atom. The molecule has 0 bridgehead atoms. The van der Waals surface area contributed by atoms with E-state index in [0.717, 1.165) is 56.4 Å². The van der Waals surface area contributed by atoms with Gasteiger partial charge in [-0.1, -0.05) is 18.6 Å². The van der Waals surface area contributed by atoms with Gasteiger partial charge in [0.1, 0.15) is 6.17 Å². The van der Waals surface area contributed by atoms with Gasteiger partial charge in [-0.3, -0.25) is 0 Å². The van der Waals surface area contributed by atoms with E-state index in [4.69, 9.17) is 0 Å². The van der Waals surface area contributed by atoms with Crippen LogP contribution in [0.25, 0.3) is 0 Å². The molecule has 172 valence electrons. The molecule has 0 radical (unpaired) electrons. The molecule has 2 aliphatic heterocycles. The molecule has 2 aliphatic carbocycles. The van der Waals surface area contributed by atoms with Gasteiger partial charge in [-0.2, -0.15) is 11.8 Å². The van der Waals surface area contributed by atoms with Crippen LogP contribution in [0.15, 0.2) is 12.2 Å². The van der Waals surface area contributed by atoms with Crippen molar-refractivity contribution in [3.63, 3.8) is 0 Å². The summed E-state index contributed by atoms with van der Waals surface area (Å²) in [6.07, 6.45) is 8.99. The van der Waals surface area contributed by atoms with Crippen molar-refractivity contribution in [1.82, 2.24) is 5.32 Å². The van der Waals surface area contributed by atoms with Gasteiger partial charge in [0.2, 0.25) is 0 Å². The highest BCUT2D eigenvalue weighted by molar-refractivity contribution is 8.16. The molecular formula is C24H40FNO2S2. The van der Waals surface area contributed by atoms with Gasteiger partial charge in [-0.05, 0) is 87.7 Å². The monoisotopic (exact) mass is 457 g/mol. The molecule has 2 saturated carbocycles. The van der Waals surface area contributed by atoms with Gasteiger partial charge in [-0.25, -0.2) is 4.39 Å². The summed E-state index contributed by atoms with van der Waals surface area (Å²) in [7, 11) is 0. The Bertz CT molecular complexity index is 592. The van der Waals surface area contributed by atoms with Crippen LogP contribution in [0.5, 0.6) is 0 Å². The third-order valence-corrected chi connectivity index (χ3v) is 11.4. The zero-order valence-corrected chi connectivity index (χ0v) is 20.0. The topological polar surface area (TPSA) is 52.5 Å². The SMILES string of the molecule is C=C(CC(O)C1CSC(SC)C1)C1CCC(F)[C@@H](C2NCCC3CCCC(O)C32)C1. The third kappa shape index (κ3) is 5.08. The first kappa shape index (κ1) is 23.4. The largest absolute Gasteiger partial charge is 0.393 e. The van der Waals surface area contributed by atoms with Gasteiger partial charge in [0.25, 0.3) is 0 Å². The molecule has 4 aliphatic rings. The first-order valence-corrected chi connectivity index (χ1v) is 14.4. The third-order valence-electron chi connectivity index (χ3n) is 8.49. The lowest BCUT2D eigenvalue weighted by Crippen LogP contribution is -2.58. The molecule has 2 heterocycles. The maximum absolute atomic E-state index is 15.1. The number of aliphatic hydroxyl groups is 2. The Kier molecular flexibility index (Phi) is 8.16. The average molecular weight is 458 g/mol. The van der Waals surface area contributed by atoms with Crippen molar-refractivity contribution in [1.29, 1.82) is 0 Å². The zero-order chi connectivity index (χ0) is 21.3. The highest BCUT2D eigenvalue weighted by Gasteiger charge is 2.47. The predicted molar refractivity (Wildman–Crippen MR) is 127 cm³/mol. The quantitative estimate of drug-likeness (QED) is 0.508. The Balaban J connectivity index is 1.37. The van der Waals surface area contributed by atoms with Gasteiger partial charge < -0.3 is 15.5 Å². The van der Waals surface area contributed by atoms with E-state index in [0.29, 0.717) is 35.2 Å². The molecule has 0 spiro atoms. The van der Waals surface area contributed by atoms with Crippen LogP contribution in [-0.4, -0.2) is 57.8 Å². The van der Waals surface area contributed by atoms with Crippen LogP contribution in [0.3, 0.4) is 0 Å². The standard InChI is InChI=1S/C24H40FNO2S2/c1-14(10-21(28)17-12-22(29-2)30-13-17)16-6-7-19(25)18(11-16)24-23-15(8-9-26-24)4-3-5-20(23)27/h15-24,26-28H,1,3-13H2,2H3/t15?,16?,17?,18-,19?,20?,21?,22?,23?,24?/m0/s1. The lowest BCUT2D eigenvalue weighted by Gasteiger charge is -2.50. The number of aliphatic hydroxyl groups excluding tert-OH is 2. The molecule has 4 fully saturated rings. The zero-order valence-electron chi connectivity index (χ0n) is 18.3. The first-order valence-electron chi connectivity index (χ1n) is 12.0. The number of thioether (sulfide) groups is 2. The Hall–Kier alpha value is 0.250. The molecule has 9 unspecified atom stereocenters. The first-order chi connectivity index (χ1) is 14.5. The van der Waals surface area contributed by atoms with Crippen molar-refractivity contribution in [2.75, 3.05) is 18.6 Å². The fourth-order valence-corrected chi connectivity index (χ4v) is 9.15. The van der Waals surface area contributed by atoms with Crippen LogP contribution >= 0.6 is 23.5 Å². The minimum atomic E-state index is -0.794. The molecule has 0 aromatic heterocycles. The molecular weight excluding hydrogens is 417 g/mol. The smallest absolute Gasteiger partial charge is 0.104 e. The van der Waals surface area contributed by atoms with Gasteiger partial charge in [0, 0.05) is 17.9 Å². The fraction of sp³-hybridized carbons (Fsp3) is 0.917. The molecule has 0 amide bonds. The summed E-state index contributed by atoms with van der Waals surface area (Å²) in [6, 6.07) is 0.0862. The molecule has 6 heteroatoms. The number of fused-ring (bicyclic) bond motifs is 1. The number of hydrogen-bond acceptors (Lipinski definition) is 5. The predicted octanol–water partition coefficient (Wildman–Crippen LogP) is 4.63. The van der Waals surface area contributed by atoms with Crippen molar-refractivity contribution in [3.05, 3.63) is 12.2 Å². The summed E-state index contributed by atoms with van der Waals surface area (Å²) in [6.45, 7) is 5.31. The summed E-state index contributed by atoms with van der Waals surface area (Å²) in [4.78, 5) is 0. The van der Waals surface area contributed by atoms with E-state index < -0.39 is 6.17 Å². The van der Waals surface area contributed by atoms with E-state index in [-0.39, 0.29) is 30.1 Å². The van der Waals surface area contributed by atoms with E-state index in [1.165, 1.54) is 6.42 Å². The average Bonchev–Trinajstić information content (AvgIpc) is 3.23. The van der Waals surface area contributed by atoms with Crippen LogP contribution in [0.1, 0.15) is 57.8 Å². The maximum atomic E-state index is 15.1. The summed E-state index contributed by atoms with van der Waals surface area (Å²) in [5.41, 5.74) is 1.12. The second-order valence-corrected chi connectivity index (χ2v) is 12.8. The van der Waals surface area contributed by atoms with Crippen molar-refractivity contribution >= 4 is 23.5 Å². The summed E-state index contributed by atoms with van der Waals surface area (Å²) in [5.74, 6) is 2.39. The summed E-state index contributed by atoms with van der Waals surface area (Å²) in [5, 5.41) is 25.2. The second kappa shape index (κ2) is 10.5. The van der Waals surface area contributed by atoms with E-state index >= 15 is 4.39 Å². The number of halogens is 1. The molecule has 30 heavy (non-hydrogen) atoms. The molecule has 0 aromatic carbocycles. The fourth-order valence-electron chi connectivity index (χ4n) is 6.73. The normalized spacial score (nSPS) is 45.7. The van der Waals surface area contributed by atoms with Crippen LogP contribution < -0.4 is 5.32 Å². The van der Waals surface area contributed by atoms with E-state index in [2.05, 4.69) is 18.2 Å². The van der Waals surface area contributed by atoms with Gasteiger partial charge in [-0.15, -0.1) is 11.8 Å². The number of piperidine rings is 1. The Labute approximate surface area is 190 Å². The second-order valence-electron chi connectivity index (χ2n) is 10.2. The van der Waals surface area contributed by atoms with Gasteiger partial charge >= 0.3 is 0 Å². The highest BCUT2D eigenvalue weighted by Crippen LogP contribution is 2.46. The van der Waals surface area contributed by atoms with Gasteiger partial charge in [0.05, 0.1) is 16.8 Å². The maximum Gasteiger partial charge on any atom is 0.104 e. The molecule has 0 aromatic rings. The molecule has 3 nitrogen and oxygen atoms in total. The number of hydrogen-bond donors (Lipinski definition) is 3. The number of rotatable bonds is 6. The summed E-state index contributed by atoms with van der Waals surface area (Å²) < 4.78 is 15.7. The minimum absolute atomic E-state index is 0.0406. The Morgan fingerprint density at radius 2 is 2.07 bits per heavy atom. The molecule has 10 atom stereocenters. The number of nitrogens with one attached hydrogen (secondary N) is 1. The molecule has 3 N–H and O–H groups in total. The summed E-state index contributed by atoms with van der Waals surface area (Å²) >= 11 is 3.85. The minimum Gasteiger partial charge on any atom is -0.393 e. The Morgan fingerprint density at radius 1 is 1.23 bits per heavy atom. The van der Waals surface area contributed by atoms with Crippen LogP contribution in [0.2, 0.25) is 0 Å². The van der Waals surface area contributed by atoms with E-state index in [1.807, 2.05) is 23.5 Å². The van der Waals surface area contributed by atoms with Crippen molar-refractivity contribution < 1.29 is 14.6 Å². The molecule has 4 rings (SSSR count). The van der Waals surface area contributed by atoms with Crippen molar-refractivity contribution in [3.8, 4) is 0 Å². The van der Waals surface area contributed by atoms with Crippen LogP contribution in [0, 0.1) is 29.6 Å². The lowest BCUT2D eigenvalue weighted by atomic mass is 9.63. The number of alkyl halides is 1. The lowest BCUT2D eigenvalue weighted by molar-refractivity contribution is -0.0414.